The van der Waals surface area contributed by atoms with Gasteiger partial charge in [0.15, 0.2) is 0 Å². The van der Waals surface area contributed by atoms with Gasteiger partial charge in [-0.2, -0.15) is 0 Å². The Morgan fingerprint density at radius 3 is 2.90 bits per heavy atom. The van der Waals surface area contributed by atoms with Gasteiger partial charge < -0.3 is 0 Å². The number of likely N-dealkylation sites (tertiary alicyclic amines) is 1. The summed E-state index contributed by atoms with van der Waals surface area (Å²) in [6.07, 6.45) is 4.95. The number of Topliss-reactive ketones (excluding diaryl/α,β-unsaturated/α-hetero) is 1. The smallest absolute Gasteiger partial charge is 0.142 e. The molecule has 2 atom stereocenters. The van der Waals surface area contributed by atoms with Crippen molar-refractivity contribution in [2.45, 2.75) is 44.7 Å². The minimum Gasteiger partial charge on any atom is -0.299 e. The number of rotatable bonds is 3. The summed E-state index contributed by atoms with van der Waals surface area (Å²) in [5, 5.41) is 0.218. The summed E-state index contributed by atoms with van der Waals surface area (Å²) in [7, 11) is 0. The van der Waals surface area contributed by atoms with E-state index in [-0.39, 0.29) is 16.8 Å². The van der Waals surface area contributed by atoms with E-state index in [2.05, 4.69) is 4.90 Å². The van der Waals surface area contributed by atoms with Crippen LogP contribution in [-0.4, -0.2) is 23.3 Å². The average molecular weight is 296 g/mol. The Morgan fingerprint density at radius 2 is 2.15 bits per heavy atom. The highest BCUT2D eigenvalue weighted by Gasteiger charge is 2.38. The molecule has 0 N–H and O–H groups in total. The molecule has 1 heterocycles. The van der Waals surface area contributed by atoms with Gasteiger partial charge in [0.2, 0.25) is 0 Å². The van der Waals surface area contributed by atoms with E-state index in [1.807, 2.05) is 6.07 Å². The molecule has 0 aromatic heterocycles. The minimum atomic E-state index is -0.364. The fourth-order valence-corrected chi connectivity index (χ4v) is 3.83. The maximum atomic E-state index is 13.5. The van der Waals surface area contributed by atoms with Gasteiger partial charge in [-0.05, 0) is 43.9 Å². The van der Waals surface area contributed by atoms with E-state index in [4.69, 9.17) is 11.6 Å². The lowest BCUT2D eigenvalue weighted by Crippen LogP contribution is -2.37. The molecule has 0 spiro atoms. The molecule has 1 aliphatic carbocycles. The summed E-state index contributed by atoms with van der Waals surface area (Å²) in [5.74, 6) is 0.230. The maximum absolute atomic E-state index is 13.5. The first-order valence-electron chi connectivity index (χ1n) is 7.36. The zero-order chi connectivity index (χ0) is 14.1. The van der Waals surface area contributed by atoms with Gasteiger partial charge in [-0.3, -0.25) is 9.69 Å². The minimum absolute atomic E-state index is 0.185. The van der Waals surface area contributed by atoms with Crippen LogP contribution in [0.25, 0.3) is 0 Å². The highest BCUT2D eigenvalue weighted by molar-refractivity contribution is 6.31. The molecule has 108 valence electrons. The Morgan fingerprint density at radius 1 is 1.30 bits per heavy atom. The van der Waals surface area contributed by atoms with Crippen LogP contribution in [0.4, 0.5) is 4.39 Å². The Balaban J connectivity index is 1.76. The van der Waals surface area contributed by atoms with Crippen molar-refractivity contribution in [3.05, 3.63) is 34.6 Å². The summed E-state index contributed by atoms with van der Waals surface area (Å²) in [6, 6.07) is 5.28. The Labute approximate surface area is 123 Å². The predicted octanol–water partition coefficient (Wildman–Crippen LogP) is 3.81. The van der Waals surface area contributed by atoms with Crippen LogP contribution in [0.15, 0.2) is 18.2 Å². The molecule has 1 aromatic rings. The molecule has 2 nitrogen and oxygen atoms in total. The van der Waals surface area contributed by atoms with E-state index < -0.39 is 0 Å². The van der Waals surface area contributed by atoms with Crippen molar-refractivity contribution in [3.63, 3.8) is 0 Å². The van der Waals surface area contributed by atoms with Crippen LogP contribution in [0.2, 0.25) is 5.02 Å². The van der Waals surface area contributed by atoms with Crippen molar-refractivity contribution in [1.82, 2.24) is 4.90 Å². The molecule has 0 radical (unpaired) electrons. The van der Waals surface area contributed by atoms with Gasteiger partial charge in [0, 0.05) is 24.9 Å². The van der Waals surface area contributed by atoms with E-state index >= 15 is 0 Å². The van der Waals surface area contributed by atoms with E-state index in [1.54, 1.807) is 6.07 Å². The van der Waals surface area contributed by atoms with Crippen molar-refractivity contribution < 1.29 is 9.18 Å². The van der Waals surface area contributed by atoms with E-state index in [1.165, 1.54) is 6.07 Å². The Bertz CT molecular complexity index is 519. The van der Waals surface area contributed by atoms with E-state index in [0.717, 1.165) is 44.2 Å². The largest absolute Gasteiger partial charge is 0.299 e. The molecule has 2 unspecified atom stereocenters. The fourth-order valence-electron chi connectivity index (χ4n) is 3.64. The van der Waals surface area contributed by atoms with Gasteiger partial charge in [0.05, 0.1) is 5.02 Å². The number of ketones is 1. The number of hydrogen-bond acceptors (Lipinski definition) is 2. The number of carbonyl (C=O) groups excluding carboxylic acids is 1. The van der Waals surface area contributed by atoms with Gasteiger partial charge in [-0.15, -0.1) is 0 Å². The summed E-state index contributed by atoms with van der Waals surface area (Å²) in [4.78, 5) is 14.3. The van der Waals surface area contributed by atoms with Crippen LogP contribution in [0.3, 0.4) is 0 Å². The molecule has 1 aliphatic heterocycles. The second kappa shape index (κ2) is 5.82. The SMILES string of the molecule is O=C1CCCC1C1CCCN1Cc1cccc(F)c1Cl. The highest BCUT2D eigenvalue weighted by atomic mass is 35.5. The van der Waals surface area contributed by atoms with Crippen molar-refractivity contribution in [1.29, 1.82) is 0 Å². The number of nitrogens with zero attached hydrogens (tertiary/aromatic N) is 1. The fraction of sp³-hybridized carbons (Fsp3) is 0.562. The number of carbonyl (C=O) groups is 1. The zero-order valence-corrected chi connectivity index (χ0v) is 12.2. The third-order valence-electron chi connectivity index (χ3n) is 4.64. The molecule has 20 heavy (non-hydrogen) atoms. The van der Waals surface area contributed by atoms with Crippen molar-refractivity contribution in [3.8, 4) is 0 Å². The molecule has 2 fully saturated rings. The van der Waals surface area contributed by atoms with Gasteiger partial charge in [0.1, 0.15) is 11.6 Å². The average Bonchev–Trinajstić information content (AvgIpc) is 3.03. The van der Waals surface area contributed by atoms with Crippen LogP contribution >= 0.6 is 11.6 Å². The first kappa shape index (κ1) is 14.0. The van der Waals surface area contributed by atoms with Gasteiger partial charge in [0.25, 0.3) is 0 Å². The molecule has 1 saturated heterocycles. The monoisotopic (exact) mass is 295 g/mol. The predicted molar refractivity (Wildman–Crippen MR) is 77.2 cm³/mol. The van der Waals surface area contributed by atoms with Crippen LogP contribution in [-0.2, 0) is 11.3 Å². The first-order valence-corrected chi connectivity index (χ1v) is 7.74. The summed E-state index contributed by atoms with van der Waals surface area (Å²) < 4.78 is 13.5. The van der Waals surface area contributed by atoms with Gasteiger partial charge in [-0.1, -0.05) is 23.7 Å². The van der Waals surface area contributed by atoms with E-state index in [0.29, 0.717) is 18.4 Å². The Hall–Kier alpha value is -0.930. The number of halogens is 2. The molecule has 1 saturated carbocycles. The number of benzene rings is 1. The maximum Gasteiger partial charge on any atom is 0.142 e. The normalized spacial score (nSPS) is 27.4. The Kier molecular flexibility index (Phi) is 4.08. The molecule has 0 amide bonds. The van der Waals surface area contributed by atoms with Crippen LogP contribution in [0.5, 0.6) is 0 Å². The molecule has 0 bridgehead atoms. The van der Waals surface area contributed by atoms with Crippen molar-refractivity contribution >= 4 is 17.4 Å². The topological polar surface area (TPSA) is 20.3 Å². The van der Waals surface area contributed by atoms with Crippen molar-refractivity contribution in [2.75, 3.05) is 6.54 Å². The van der Waals surface area contributed by atoms with Crippen LogP contribution in [0.1, 0.15) is 37.7 Å². The third kappa shape index (κ3) is 2.61. The molecule has 1 aromatic carbocycles. The van der Waals surface area contributed by atoms with Gasteiger partial charge in [-0.25, -0.2) is 4.39 Å². The second-order valence-corrected chi connectivity index (χ2v) is 6.24. The second-order valence-electron chi connectivity index (χ2n) is 5.86. The van der Waals surface area contributed by atoms with Crippen LogP contribution in [0, 0.1) is 11.7 Å². The third-order valence-corrected chi connectivity index (χ3v) is 5.06. The quantitative estimate of drug-likeness (QED) is 0.845. The lowest BCUT2D eigenvalue weighted by molar-refractivity contribution is -0.122. The molecular weight excluding hydrogens is 277 g/mol. The van der Waals surface area contributed by atoms with E-state index in [9.17, 15) is 9.18 Å². The van der Waals surface area contributed by atoms with Crippen LogP contribution < -0.4 is 0 Å². The highest BCUT2D eigenvalue weighted by Crippen LogP contribution is 2.34. The lowest BCUT2D eigenvalue weighted by Gasteiger charge is -2.28. The summed E-state index contributed by atoms with van der Waals surface area (Å²) in [6.45, 7) is 1.62. The zero-order valence-electron chi connectivity index (χ0n) is 11.4. The first-order chi connectivity index (χ1) is 9.66. The molecule has 4 heteroatoms. The molecule has 2 aliphatic rings. The van der Waals surface area contributed by atoms with Gasteiger partial charge >= 0.3 is 0 Å². The number of hydrogen-bond donors (Lipinski definition) is 0. The van der Waals surface area contributed by atoms with Crippen molar-refractivity contribution in [2.24, 2.45) is 5.92 Å². The molecule has 3 rings (SSSR count). The lowest BCUT2D eigenvalue weighted by atomic mass is 9.95. The summed E-state index contributed by atoms with van der Waals surface area (Å²) in [5.41, 5.74) is 0.823. The standard InChI is InChI=1S/C16H19ClFNO/c17-16-11(4-1-6-13(16)18)10-19-9-3-7-14(19)12-5-2-8-15(12)20/h1,4,6,12,14H,2-3,5,7-10H2. The summed E-state index contributed by atoms with van der Waals surface area (Å²) >= 11 is 6.04. The molecular formula is C16H19ClFNO.